The first-order chi connectivity index (χ1) is 7.45. The molecule has 0 N–H and O–H groups in total. The molecule has 0 aliphatic rings. The molecule has 0 aliphatic heterocycles. The van der Waals surface area contributed by atoms with Gasteiger partial charge in [0.05, 0.1) is 5.56 Å². The Morgan fingerprint density at radius 2 is 1.94 bits per heavy atom. The van der Waals surface area contributed by atoms with Gasteiger partial charge in [0.2, 0.25) is 0 Å². The number of aryl methyl sites for hydroxylation is 1. The Bertz CT molecular complexity index is 547. The molecule has 86 valence electrons. The van der Waals surface area contributed by atoms with E-state index < -0.39 is 9.05 Å². The number of benzene rings is 1. The standard InChI is InChI=1S/C10H9Cl2NO2S/c1-2-7-3-4-8(5-11)9(6-13)10(7)16(12,14)15/h3-4H,2,5H2,1H3. The minimum Gasteiger partial charge on any atom is -0.207 e. The van der Waals surface area contributed by atoms with E-state index in [2.05, 4.69) is 0 Å². The SMILES string of the molecule is CCc1ccc(CCl)c(C#N)c1S(=O)(=O)Cl. The minimum absolute atomic E-state index is 0.0457. The Morgan fingerprint density at radius 3 is 2.31 bits per heavy atom. The predicted octanol–water partition coefficient (Wildman–Crippen LogP) is 2.79. The van der Waals surface area contributed by atoms with Gasteiger partial charge >= 0.3 is 0 Å². The molecule has 0 atom stereocenters. The molecule has 3 nitrogen and oxygen atoms in total. The molecule has 1 rings (SSSR count). The highest BCUT2D eigenvalue weighted by molar-refractivity contribution is 8.13. The second kappa shape index (κ2) is 5.05. The molecule has 1 aromatic carbocycles. The molecule has 6 heteroatoms. The van der Waals surface area contributed by atoms with Gasteiger partial charge in [0.1, 0.15) is 11.0 Å². The van der Waals surface area contributed by atoms with Crippen LogP contribution < -0.4 is 0 Å². The lowest BCUT2D eigenvalue weighted by molar-refractivity contribution is 0.608. The van der Waals surface area contributed by atoms with Gasteiger partial charge in [0.25, 0.3) is 9.05 Å². The highest BCUT2D eigenvalue weighted by atomic mass is 35.7. The van der Waals surface area contributed by atoms with Gasteiger partial charge in [-0.05, 0) is 17.5 Å². The lowest BCUT2D eigenvalue weighted by atomic mass is 10.0. The van der Waals surface area contributed by atoms with Crippen molar-refractivity contribution in [3.63, 3.8) is 0 Å². The number of hydrogen-bond donors (Lipinski definition) is 0. The van der Waals surface area contributed by atoms with E-state index in [0.29, 0.717) is 17.5 Å². The smallest absolute Gasteiger partial charge is 0.207 e. The minimum atomic E-state index is -3.93. The van der Waals surface area contributed by atoms with E-state index in [-0.39, 0.29) is 16.3 Å². The van der Waals surface area contributed by atoms with Gasteiger partial charge in [0.15, 0.2) is 0 Å². The summed E-state index contributed by atoms with van der Waals surface area (Å²) in [7, 11) is 1.40. The van der Waals surface area contributed by atoms with Crippen LogP contribution >= 0.6 is 22.3 Å². The van der Waals surface area contributed by atoms with Crippen molar-refractivity contribution >= 4 is 31.3 Å². The number of hydrogen-bond acceptors (Lipinski definition) is 3. The maximum Gasteiger partial charge on any atom is 0.262 e. The predicted molar refractivity (Wildman–Crippen MR) is 63.1 cm³/mol. The van der Waals surface area contributed by atoms with E-state index in [4.69, 9.17) is 27.5 Å². The summed E-state index contributed by atoms with van der Waals surface area (Å²) < 4.78 is 22.9. The summed E-state index contributed by atoms with van der Waals surface area (Å²) in [6.07, 6.45) is 0.485. The molecule has 1 aromatic rings. The van der Waals surface area contributed by atoms with Crippen molar-refractivity contribution in [1.82, 2.24) is 0 Å². The van der Waals surface area contributed by atoms with Crippen molar-refractivity contribution in [1.29, 1.82) is 5.26 Å². The molecule has 0 unspecified atom stereocenters. The average Bonchev–Trinajstić information content (AvgIpc) is 2.25. The zero-order valence-electron chi connectivity index (χ0n) is 8.50. The molecule has 0 heterocycles. The Hall–Kier alpha value is -0.760. The molecule has 0 amide bonds. The van der Waals surface area contributed by atoms with Crippen LogP contribution in [0.15, 0.2) is 17.0 Å². The second-order valence-corrected chi connectivity index (χ2v) is 5.89. The normalized spacial score (nSPS) is 11.1. The van der Waals surface area contributed by atoms with Crippen LogP contribution in [0.4, 0.5) is 0 Å². The summed E-state index contributed by atoms with van der Waals surface area (Å²) >= 11 is 5.64. The van der Waals surface area contributed by atoms with Gasteiger partial charge in [-0.15, -0.1) is 11.6 Å². The number of alkyl halides is 1. The van der Waals surface area contributed by atoms with Crippen molar-refractivity contribution in [2.24, 2.45) is 0 Å². The summed E-state index contributed by atoms with van der Waals surface area (Å²) in [6, 6.07) is 5.13. The summed E-state index contributed by atoms with van der Waals surface area (Å²) in [6.45, 7) is 1.79. The molecule has 0 saturated carbocycles. The molecular weight excluding hydrogens is 269 g/mol. The molecule has 16 heavy (non-hydrogen) atoms. The van der Waals surface area contributed by atoms with E-state index in [0.717, 1.165) is 0 Å². The number of halogens is 2. The summed E-state index contributed by atoms with van der Waals surface area (Å²) in [4.78, 5) is -0.114. The lowest BCUT2D eigenvalue weighted by Crippen LogP contribution is -2.03. The maximum atomic E-state index is 11.4. The van der Waals surface area contributed by atoms with Crippen LogP contribution in [0.3, 0.4) is 0 Å². The molecular formula is C10H9Cl2NO2S. The van der Waals surface area contributed by atoms with Gasteiger partial charge in [-0.25, -0.2) is 8.42 Å². The number of rotatable bonds is 3. The maximum absolute atomic E-state index is 11.4. The topological polar surface area (TPSA) is 57.9 Å². The largest absolute Gasteiger partial charge is 0.262 e. The Balaban J connectivity index is 3.72. The van der Waals surface area contributed by atoms with Crippen molar-refractivity contribution in [2.45, 2.75) is 24.1 Å². The van der Waals surface area contributed by atoms with Crippen LogP contribution in [0, 0.1) is 11.3 Å². The van der Waals surface area contributed by atoms with Crippen molar-refractivity contribution in [2.75, 3.05) is 0 Å². The Labute approximate surface area is 104 Å². The molecule has 0 aliphatic carbocycles. The molecule has 0 aromatic heterocycles. The highest BCUT2D eigenvalue weighted by Gasteiger charge is 2.22. The monoisotopic (exact) mass is 277 g/mol. The summed E-state index contributed by atoms with van der Waals surface area (Å²) in [5.74, 6) is 0.0757. The van der Waals surface area contributed by atoms with Crippen LogP contribution in [0.5, 0.6) is 0 Å². The van der Waals surface area contributed by atoms with Crippen LogP contribution in [0.2, 0.25) is 0 Å². The van der Waals surface area contributed by atoms with Crippen molar-refractivity contribution < 1.29 is 8.42 Å². The first kappa shape index (κ1) is 13.3. The third kappa shape index (κ3) is 2.49. The van der Waals surface area contributed by atoms with Gasteiger partial charge < -0.3 is 0 Å². The summed E-state index contributed by atoms with van der Waals surface area (Å²) in [5, 5.41) is 8.98. The van der Waals surface area contributed by atoms with E-state index >= 15 is 0 Å². The number of nitrogens with zero attached hydrogens (tertiary/aromatic N) is 1. The first-order valence-corrected chi connectivity index (χ1v) is 7.35. The fraction of sp³-hybridized carbons (Fsp3) is 0.300. The first-order valence-electron chi connectivity index (χ1n) is 4.51. The lowest BCUT2D eigenvalue weighted by Gasteiger charge is -2.09. The fourth-order valence-corrected chi connectivity index (χ4v) is 3.16. The van der Waals surface area contributed by atoms with Crippen LogP contribution in [0.1, 0.15) is 23.6 Å². The quantitative estimate of drug-likeness (QED) is 0.631. The van der Waals surface area contributed by atoms with Crippen molar-refractivity contribution in [3.05, 3.63) is 28.8 Å². The van der Waals surface area contributed by atoms with E-state index in [9.17, 15) is 8.42 Å². The molecule has 0 spiro atoms. The molecule has 0 bridgehead atoms. The van der Waals surface area contributed by atoms with Crippen LogP contribution in [-0.2, 0) is 21.4 Å². The van der Waals surface area contributed by atoms with Gasteiger partial charge in [-0.1, -0.05) is 19.1 Å². The second-order valence-electron chi connectivity index (χ2n) is 3.12. The van der Waals surface area contributed by atoms with Crippen LogP contribution in [-0.4, -0.2) is 8.42 Å². The molecule has 0 fully saturated rings. The van der Waals surface area contributed by atoms with E-state index in [1.54, 1.807) is 19.1 Å². The third-order valence-electron chi connectivity index (χ3n) is 2.21. The van der Waals surface area contributed by atoms with Gasteiger partial charge in [-0.3, -0.25) is 0 Å². The van der Waals surface area contributed by atoms with E-state index in [1.807, 2.05) is 6.07 Å². The Morgan fingerprint density at radius 1 is 1.38 bits per heavy atom. The van der Waals surface area contributed by atoms with E-state index in [1.165, 1.54) is 0 Å². The van der Waals surface area contributed by atoms with Gasteiger partial charge in [0, 0.05) is 16.6 Å². The zero-order chi connectivity index (χ0) is 12.3. The van der Waals surface area contributed by atoms with Crippen LogP contribution in [0.25, 0.3) is 0 Å². The zero-order valence-corrected chi connectivity index (χ0v) is 10.8. The van der Waals surface area contributed by atoms with Crippen molar-refractivity contribution in [3.8, 4) is 6.07 Å². The summed E-state index contributed by atoms with van der Waals surface area (Å²) in [5.41, 5.74) is 1.05. The highest BCUT2D eigenvalue weighted by Crippen LogP contribution is 2.28. The average molecular weight is 278 g/mol. The third-order valence-corrected chi connectivity index (χ3v) is 3.91. The van der Waals surface area contributed by atoms with Gasteiger partial charge in [-0.2, -0.15) is 5.26 Å². The molecule has 0 saturated heterocycles. The fourth-order valence-electron chi connectivity index (χ4n) is 1.46. The molecule has 0 radical (unpaired) electrons. The Kier molecular flexibility index (Phi) is 4.20. The number of nitriles is 1.